The van der Waals surface area contributed by atoms with Gasteiger partial charge in [-0.05, 0) is 264 Å². The molecule has 0 N–H and O–H groups in total. The van der Waals surface area contributed by atoms with Crippen molar-refractivity contribution in [1.29, 1.82) is 0 Å². The molecule has 640 valence electrons. The number of rotatable bonds is 14. The van der Waals surface area contributed by atoms with E-state index in [1.54, 1.807) is 0 Å². The molecule has 4 heteroatoms. The Morgan fingerprint density at radius 1 is 0.163 bits per heavy atom. The highest BCUT2D eigenvalue weighted by molar-refractivity contribution is 6.16. The quantitative estimate of drug-likeness (QED) is 0.102. The van der Waals surface area contributed by atoms with Crippen LogP contribution >= 0.6 is 0 Å². The van der Waals surface area contributed by atoms with E-state index in [-0.39, 0.29) is 16.2 Å². The standard InChI is InChI=1S/C72H53NO.C59H41NO/c1-71(2)65-42-54(58-19-13-20-62-61-18-11-12-21-69(61)74-70(58)62)34-40-59(65)63-44-68-64(45-67(63)71)60-41-39-57(43-66(60)72(68,3)4)73(55-35-30-52(31-36-55)50-26-22-48(23-27-50)46-14-7-5-8-15-46)56-37-32-53(33-38-56)51-28-24-49(25-29-51)47-16-9-6-10-17-47;1-59(2)54-35-43(47-20-12-21-53-52-19-10-11-22-57(52)61-58(47)53)29-33-49(54)50-34-32-45(37-55(50)59)60(56-36-42-15-6-7-16-46(42)48-17-8-9-18-51(48)56)44-30-27-41(28-31-44)40-25-23-39(24-26-40)38-13-4-3-5-14-38/h5-45H,1-4H3;3-37H,1-2H3. The molecule has 2 heterocycles. The molecule has 0 bridgehead atoms. The zero-order valence-corrected chi connectivity index (χ0v) is 76.1. The number of fused-ring (bicyclic) bond motifs is 18. The molecule has 26 rings (SSSR count). The van der Waals surface area contributed by atoms with Crippen LogP contribution in [0, 0.1) is 0 Å². The lowest BCUT2D eigenvalue weighted by molar-refractivity contribution is 0.652. The number of benzene rings is 21. The van der Waals surface area contributed by atoms with Gasteiger partial charge in [-0.3, -0.25) is 0 Å². The Kier molecular flexibility index (Phi) is 19.0. The van der Waals surface area contributed by atoms with Crippen LogP contribution in [0.1, 0.15) is 74.9 Å². The minimum atomic E-state index is -0.245. The molecule has 0 saturated heterocycles. The summed E-state index contributed by atoms with van der Waals surface area (Å²) >= 11 is 0. The second-order valence-electron chi connectivity index (χ2n) is 38.2. The van der Waals surface area contributed by atoms with Gasteiger partial charge in [0.1, 0.15) is 22.3 Å². The van der Waals surface area contributed by atoms with Crippen molar-refractivity contribution in [3.8, 4) is 122 Å². The van der Waals surface area contributed by atoms with Crippen molar-refractivity contribution in [3.05, 3.63) is 494 Å². The number of hydrogen-bond donors (Lipinski definition) is 0. The third-order valence-electron chi connectivity index (χ3n) is 29.4. The van der Waals surface area contributed by atoms with Gasteiger partial charge in [0.15, 0.2) is 0 Å². The van der Waals surface area contributed by atoms with Gasteiger partial charge in [0.05, 0.1) is 5.69 Å². The summed E-state index contributed by atoms with van der Waals surface area (Å²) in [5.74, 6) is 0. The van der Waals surface area contributed by atoms with E-state index in [4.69, 9.17) is 8.83 Å². The predicted octanol–water partition coefficient (Wildman–Crippen LogP) is 36.7. The van der Waals surface area contributed by atoms with Gasteiger partial charge in [0.25, 0.3) is 0 Å². The number of nitrogens with zero attached hydrogens (tertiary/aromatic N) is 2. The summed E-state index contributed by atoms with van der Waals surface area (Å²) in [6.07, 6.45) is 0. The Bertz CT molecular complexity index is 8490. The molecule has 135 heavy (non-hydrogen) atoms. The first kappa shape index (κ1) is 80.4. The molecule has 21 aromatic carbocycles. The van der Waals surface area contributed by atoms with Crippen LogP contribution in [0.3, 0.4) is 0 Å². The van der Waals surface area contributed by atoms with Crippen molar-refractivity contribution in [3.63, 3.8) is 0 Å². The van der Waals surface area contributed by atoms with E-state index in [9.17, 15) is 0 Å². The highest BCUT2D eigenvalue weighted by Crippen LogP contribution is 2.59. The fourth-order valence-corrected chi connectivity index (χ4v) is 22.2. The van der Waals surface area contributed by atoms with Crippen molar-refractivity contribution in [2.45, 2.75) is 57.8 Å². The van der Waals surface area contributed by atoms with E-state index < -0.39 is 0 Å². The average molecular weight is 1730 g/mol. The van der Waals surface area contributed by atoms with Gasteiger partial charge in [0, 0.05) is 82.7 Å². The first-order valence-corrected chi connectivity index (χ1v) is 47.1. The monoisotopic (exact) mass is 1730 g/mol. The van der Waals surface area contributed by atoms with Crippen LogP contribution in [0.4, 0.5) is 34.1 Å². The fraction of sp³-hybridized carbons (Fsp3) is 0.0687. The van der Waals surface area contributed by atoms with Crippen molar-refractivity contribution in [2.24, 2.45) is 0 Å². The predicted molar refractivity (Wildman–Crippen MR) is 568 cm³/mol. The molecule has 23 aromatic rings. The van der Waals surface area contributed by atoms with Crippen LogP contribution < -0.4 is 9.80 Å². The Morgan fingerprint density at radius 3 is 0.822 bits per heavy atom. The first-order chi connectivity index (χ1) is 66.2. The Morgan fingerprint density at radius 2 is 0.430 bits per heavy atom. The molecule has 0 spiro atoms. The van der Waals surface area contributed by atoms with Crippen LogP contribution in [0.25, 0.3) is 188 Å². The van der Waals surface area contributed by atoms with Gasteiger partial charge >= 0.3 is 0 Å². The molecule has 0 aliphatic heterocycles. The van der Waals surface area contributed by atoms with Crippen molar-refractivity contribution < 1.29 is 8.83 Å². The summed E-state index contributed by atoms with van der Waals surface area (Å²) in [4.78, 5) is 4.89. The first-order valence-electron chi connectivity index (χ1n) is 47.1. The van der Waals surface area contributed by atoms with Crippen LogP contribution in [0.2, 0.25) is 0 Å². The van der Waals surface area contributed by atoms with Crippen LogP contribution in [-0.4, -0.2) is 0 Å². The van der Waals surface area contributed by atoms with Crippen LogP contribution in [-0.2, 0) is 16.2 Å². The van der Waals surface area contributed by atoms with E-state index in [1.165, 1.54) is 166 Å². The minimum absolute atomic E-state index is 0.201. The van der Waals surface area contributed by atoms with E-state index in [0.717, 1.165) is 89.1 Å². The van der Waals surface area contributed by atoms with Gasteiger partial charge in [-0.25, -0.2) is 0 Å². The molecule has 0 fully saturated rings. The van der Waals surface area contributed by atoms with E-state index in [2.05, 4.69) is 500 Å². The van der Waals surface area contributed by atoms with E-state index in [0.29, 0.717) is 0 Å². The lowest BCUT2D eigenvalue weighted by atomic mass is 9.79. The summed E-state index contributed by atoms with van der Waals surface area (Å²) in [6, 6.07) is 169. The van der Waals surface area contributed by atoms with Crippen molar-refractivity contribution in [1.82, 2.24) is 0 Å². The Hall–Kier alpha value is -16.7. The highest BCUT2D eigenvalue weighted by atomic mass is 16.3. The lowest BCUT2D eigenvalue weighted by Crippen LogP contribution is -2.17. The maximum Gasteiger partial charge on any atom is 0.143 e. The third-order valence-corrected chi connectivity index (χ3v) is 29.4. The van der Waals surface area contributed by atoms with Crippen LogP contribution in [0.15, 0.2) is 470 Å². The maximum atomic E-state index is 6.52. The van der Waals surface area contributed by atoms with Gasteiger partial charge in [-0.1, -0.05) is 399 Å². The number of anilines is 6. The Balaban J connectivity index is 0.000000147. The summed E-state index contributed by atoms with van der Waals surface area (Å²) in [6.45, 7) is 14.4. The highest BCUT2D eigenvalue weighted by Gasteiger charge is 2.43. The summed E-state index contributed by atoms with van der Waals surface area (Å²) in [7, 11) is 0. The molecule has 4 nitrogen and oxygen atoms in total. The normalized spacial score (nSPS) is 13.3. The third kappa shape index (κ3) is 13.6. The molecular weight excluding hydrogens is 1630 g/mol. The van der Waals surface area contributed by atoms with Crippen molar-refractivity contribution >= 4 is 99.5 Å². The van der Waals surface area contributed by atoms with E-state index in [1.807, 2.05) is 12.1 Å². The van der Waals surface area contributed by atoms with Gasteiger partial charge in [-0.2, -0.15) is 0 Å². The minimum Gasteiger partial charge on any atom is -0.455 e. The second kappa shape index (κ2) is 31.8. The van der Waals surface area contributed by atoms with Gasteiger partial charge in [-0.15, -0.1) is 0 Å². The smallest absolute Gasteiger partial charge is 0.143 e. The summed E-state index contributed by atoms with van der Waals surface area (Å²) in [5, 5.41) is 9.55. The zero-order chi connectivity index (χ0) is 90.4. The SMILES string of the molecule is CC1(C)c2cc(-c3cccc4c3oc3ccccc34)ccc2-c2cc3c(cc21)-c1ccc(N(c2ccc(-c4ccc(-c5ccccc5)cc4)cc2)c2ccc(-c4ccc(-c5ccccc5)cc4)cc2)cc1C3(C)C.CC1(C)c2cc(-c3cccc4c3oc3ccccc34)ccc2-c2ccc(N(c3ccc(-c4ccc(-c5ccccc5)cc4)cc3)c3cc4ccccc4c4ccccc34)cc21. The largest absolute Gasteiger partial charge is 0.455 e. The molecule has 0 unspecified atom stereocenters. The average Bonchev–Trinajstić information content (AvgIpc) is 1.54. The molecule has 0 atom stereocenters. The molecule has 0 saturated carbocycles. The zero-order valence-electron chi connectivity index (χ0n) is 76.1. The maximum absolute atomic E-state index is 6.52. The lowest BCUT2D eigenvalue weighted by Gasteiger charge is -2.29. The number of furan rings is 2. The molecular formula is C131H94N2O2. The molecule has 0 amide bonds. The van der Waals surface area contributed by atoms with Gasteiger partial charge in [0.2, 0.25) is 0 Å². The molecule has 0 radical (unpaired) electrons. The second-order valence-corrected chi connectivity index (χ2v) is 38.2. The molecule has 3 aliphatic rings. The van der Waals surface area contributed by atoms with Crippen LogP contribution in [0.5, 0.6) is 0 Å². The number of hydrogen-bond acceptors (Lipinski definition) is 4. The fourth-order valence-electron chi connectivity index (χ4n) is 22.2. The topological polar surface area (TPSA) is 32.8 Å². The Labute approximate surface area is 787 Å². The number of para-hydroxylation sites is 4. The summed E-state index contributed by atoms with van der Waals surface area (Å²) in [5.41, 5.74) is 44.8. The summed E-state index contributed by atoms with van der Waals surface area (Å²) < 4.78 is 13.0. The molecule has 3 aliphatic carbocycles. The molecule has 2 aromatic heterocycles. The van der Waals surface area contributed by atoms with Gasteiger partial charge < -0.3 is 18.6 Å². The van der Waals surface area contributed by atoms with E-state index >= 15 is 0 Å². The van der Waals surface area contributed by atoms with Crippen molar-refractivity contribution in [2.75, 3.05) is 9.80 Å².